The lowest BCUT2D eigenvalue weighted by Crippen LogP contribution is -2.14. The summed E-state index contributed by atoms with van der Waals surface area (Å²) < 4.78 is 0. The van der Waals surface area contributed by atoms with Crippen LogP contribution in [0.2, 0.25) is 0 Å². The molecule has 0 saturated heterocycles. The summed E-state index contributed by atoms with van der Waals surface area (Å²) in [6.07, 6.45) is 18.7. The Balaban J connectivity index is 4.50. The van der Waals surface area contributed by atoms with Gasteiger partial charge in [-0.15, -0.1) is 0 Å². The lowest BCUT2D eigenvalue weighted by Gasteiger charge is -2.27. The van der Waals surface area contributed by atoms with Crippen molar-refractivity contribution in [2.75, 3.05) is 0 Å². The van der Waals surface area contributed by atoms with Crippen LogP contribution in [-0.2, 0) is 0 Å². The minimum Gasteiger partial charge on any atom is -0.0654 e. The van der Waals surface area contributed by atoms with Crippen LogP contribution in [0.25, 0.3) is 0 Å². The molecule has 0 amide bonds. The van der Waals surface area contributed by atoms with Crippen LogP contribution < -0.4 is 0 Å². The molecule has 0 atom stereocenters. The number of hydrogen-bond donors (Lipinski definition) is 0. The van der Waals surface area contributed by atoms with Gasteiger partial charge in [-0.05, 0) is 30.6 Å². The smallest absolute Gasteiger partial charge is 0.0409 e. The summed E-state index contributed by atoms with van der Waals surface area (Å²) in [7, 11) is 0. The van der Waals surface area contributed by atoms with Gasteiger partial charge in [-0.25, -0.2) is 0 Å². The molecule has 0 aliphatic heterocycles. The standard InChI is InChI=1S/C21H44/c1-6-11-16-21(17-19(12-7-2)13-8-3)18-20(14-9-4)15-10-5/h19-21H,6-18H2,1-5H3. The molecule has 0 unspecified atom stereocenters. The maximum Gasteiger partial charge on any atom is -0.0409 e. The SMILES string of the molecule is CCCCC(CC(CCC)CCC)CC(CCC)CCC. The van der Waals surface area contributed by atoms with E-state index < -0.39 is 0 Å². The highest BCUT2D eigenvalue weighted by atomic mass is 14.2. The Morgan fingerprint density at radius 1 is 0.429 bits per heavy atom. The summed E-state index contributed by atoms with van der Waals surface area (Å²) in [6, 6.07) is 0. The van der Waals surface area contributed by atoms with Gasteiger partial charge in [0.15, 0.2) is 0 Å². The lowest BCUT2D eigenvalue weighted by molar-refractivity contribution is 0.250. The highest BCUT2D eigenvalue weighted by molar-refractivity contribution is 4.71. The van der Waals surface area contributed by atoms with Crippen LogP contribution in [0.3, 0.4) is 0 Å². The third-order valence-electron chi connectivity index (χ3n) is 5.09. The van der Waals surface area contributed by atoms with Crippen molar-refractivity contribution in [1.82, 2.24) is 0 Å². The van der Waals surface area contributed by atoms with E-state index in [4.69, 9.17) is 0 Å². The average Bonchev–Trinajstić information content (AvgIpc) is 2.45. The van der Waals surface area contributed by atoms with E-state index in [2.05, 4.69) is 34.6 Å². The van der Waals surface area contributed by atoms with Crippen LogP contribution in [-0.4, -0.2) is 0 Å². The fourth-order valence-electron chi connectivity index (χ4n) is 4.16. The first-order valence-electron chi connectivity index (χ1n) is 10.2. The van der Waals surface area contributed by atoms with Crippen molar-refractivity contribution < 1.29 is 0 Å². The van der Waals surface area contributed by atoms with Crippen molar-refractivity contribution in [1.29, 1.82) is 0 Å². The van der Waals surface area contributed by atoms with Crippen molar-refractivity contribution in [3.05, 3.63) is 0 Å². The summed E-state index contributed by atoms with van der Waals surface area (Å²) in [5.41, 5.74) is 0. The van der Waals surface area contributed by atoms with Crippen LogP contribution in [0.15, 0.2) is 0 Å². The van der Waals surface area contributed by atoms with Crippen molar-refractivity contribution in [2.45, 2.75) is 118 Å². The summed E-state index contributed by atoms with van der Waals surface area (Å²) in [6.45, 7) is 11.8. The van der Waals surface area contributed by atoms with Crippen LogP contribution >= 0.6 is 0 Å². The quantitative estimate of drug-likeness (QED) is 0.287. The van der Waals surface area contributed by atoms with Gasteiger partial charge in [0, 0.05) is 0 Å². The maximum absolute atomic E-state index is 2.36. The molecule has 0 aliphatic carbocycles. The van der Waals surface area contributed by atoms with Gasteiger partial charge in [0.25, 0.3) is 0 Å². The average molecular weight is 297 g/mol. The van der Waals surface area contributed by atoms with Crippen molar-refractivity contribution in [2.24, 2.45) is 17.8 Å². The van der Waals surface area contributed by atoms with Crippen LogP contribution in [0, 0.1) is 17.8 Å². The Morgan fingerprint density at radius 2 is 0.810 bits per heavy atom. The zero-order valence-corrected chi connectivity index (χ0v) is 15.9. The van der Waals surface area contributed by atoms with E-state index in [1.54, 1.807) is 0 Å². The van der Waals surface area contributed by atoms with Crippen molar-refractivity contribution in [3.8, 4) is 0 Å². The molecule has 0 aliphatic rings. The minimum atomic E-state index is 1.01. The second-order valence-corrected chi connectivity index (χ2v) is 7.37. The molecule has 0 fully saturated rings. The molecule has 0 radical (unpaired) electrons. The largest absolute Gasteiger partial charge is 0.0654 e. The normalized spacial score (nSPS) is 12.0. The highest BCUT2D eigenvalue weighted by Gasteiger charge is 2.19. The van der Waals surface area contributed by atoms with Crippen LogP contribution in [0.1, 0.15) is 118 Å². The van der Waals surface area contributed by atoms with E-state index in [0.717, 1.165) is 17.8 Å². The van der Waals surface area contributed by atoms with E-state index >= 15 is 0 Å². The van der Waals surface area contributed by atoms with Gasteiger partial charge in [0.2, 0.25) is 0 Å². The van der Waals surface area contributed by atoms with Gasteiger partial charge in [0.1, 0.15) is 0 Å². The van der Waals surface area contributed by atoms with Crippen molar-refractivity contribution >= 4 is 0 Å². The second-order valence-electron chi connectivity index (χ2n) is 7.37. The molecule has 0 bridgehead atoms. The summed E-state index contributed by atoms with van der Waals surface area (Å²) >= 11 is 0. The molecule has 0 rings (SSSR count). The van der Waals surface area contributed by atoms with Crippen LogP contribution in [0.5, 0.6) is 0 Å². The Labute approximate surface area is 136 Å². The van der Waals surface area contributed by atoms with Gasteiger partial charge in [0.05, 0.1) is 0 Å². The lowest BCUT2D eigenvalue weighted by atomic mass is 9.79. The Kier molecular flexibility index (Phi) is 14.9. The molecule has 128 valence electrons. The minimum absolute atomic E-state index is 1.01. The Morgan fingerprint density at radius 3 is 1.10 bits per heavy atom. The third-order valence-corrected chi connectivity index (χ3v) is 5.09. The summed E-state index contributed by atoms with van der Waals surface area (Å²) in [5.74, 6) is 3.02. The number of rotatable bonds is 15. The van der Waals surface area contributed by atoms with Gasteiger partial charge in [-0.2, -0.15) is 0 Å². The predicted octanol–water partition coefficient (Wildman–Crippen LogP) is 8.01. The monoisotopic (exact) mass is 296 g/mol. The zero-order chi connectivity index (χ0) is 15.9. The van der Waals surface area contributed by atoms with Gasteiger partial charge >= 0.3 is 0 Å². The molecule has 0 aromatic heterocycles. The van der Waals surface area contributed by atoms with Gasteiger partial charge in [-0.3, -0.25) is 0 Å². The first-order valence-corrected chi connectivity index (χ1v) is 10.2. The highest BCUT2D eigenvalue weighted by Crippen LogP contribution is 2.32. The molecule has 0 aromatic carbocycles. The second kappa shape index (κ2) is 14.9. The molecular weight excluding hydrogens is 252 g/mol. The maximum atomic E-state index is 2.36. The van der Waals surface area contributed by atoms with E-state index in [0.29, 0.717) is 0 Å². The van der Waals surface area contributed by atoms with Crippen LogP contribution in [0.4, 0.5) is 0 Å². The predicted molar refractivity (Wildman–Crippen MR) is 98.9 cm³/mol. The molecule has 21 heavy (non-hydrogen) atoms. The molecular formula is C21H44. The fourth-order valence-corrected chi connectivity index (χ4v) is 4.16. The van der Waals surface area contributed by atoms with Gasteiger partial charge < -0.3 is 0 Å². The number of hydrogen-bond acceptors (Lipinski definition) is 0. The molecule has 0 nitrogen and oxygen atoms in total. The molecule has 0 aromatic rings. The van der Waals surface area contributed by atoms with E-state index in [9.17, 15) is 0 Å². The molecule has 0 heteroatoms. The van der Waals surface area contributed by atoms with E-state index in [1.807, 2.05) is 0 Å². The van der Waals surface area contributed by atoms with E-state index in [1.165, 1.54) is 83.5 Å². The van der Waals surface area contributed by atoms with Crippen molar-refractivity contribution in [3.63, 3.8) is 0 Å². The first kappa shape index (κ1) is 21.0. The first-order chi connectivity index (χ1) is 10.2. The Bertz CT molecular complexity index is 166. The molecule has 0 N–H and O–H groups in total. The Hall–Kier alpha value is 0. The molecule has 0 saturated carbocycles. The van der Waals surface area contributed by atoms with Gasteiger partial charge in [-0.1, -0.05) is 105 Å². The molecule has 0 spiro atoms. The molecule has 0 heterocycles. The number of unbranched alkanes of at least 4 members (excludes halogenated alkanes) is 1. The third kappa shape index (κ3) is 11.2. The fraction of sp³-hybridized carbons (Fsp3) is 1.00. The topological polar surface area (TPSA) is 0 Å². The van der Waals surface area contributed by atoms with E-state index in [-0.39, 0.29) is 0 Å². The zero-order valence-electron chi connectivity index (χ0n) is 15.9. The summed E-state index contributed by atoms with van der Waals surface area (Å²) in [5, 5.41) is 0. The summed E-state index contributed by atoms with van der Waals surface area (Å²) in [4.78, 5) is 0.